The van der Waals surface area contributed by atoms with E-state index in [0.29, 0.717) is 5.56 Å². The van der Waals surface area contributed by atoms with Gasteiger partial charge in [-0.05, 0) is 37.6 Å². The summed E-state index contributed by atoms with van der Waals surface area (Å²) in [5.74, 6) is -0.828. The Bertz CT molecular complexity index is 512. The molecule has 1 unspecified atom stereocenters. The van der Waals surface area contributed by atoms with Crippen molar-refractivity contribution in [2.45, 2.75) is 19.9 Å². The SMILES string of the molecule is CNC(=O)C1(C)CCN(Cc2ccc(C(=O)O)cc2)C1. The number of carbonyl (C=O) groups excluding carboxylic acids is 1. The lowest BCUT2D eigenvalue weighted by molar-refractivity contribution is -0.129. The third kappa shape index (κ3) is 2.99. The van der Waals surface area contributed by atoms with Gasteiger partial charge >= 0.3 is 5.97 Å². The van der Waals surface area contributed by atoms with Gasteiger partial charge in [-0.3, -0.25) is 9.69 Å². The molecule has 1 amide bonds. The van der Waals surface area contributed by atoms with Crippen LogP contribution in [0.1, 0.15) is 29.3 Å². The highest BCUT2D eigenvalue weighted by Gasteiger charge is 2.39. The minimum absolute atomic E-state index is 0.0845. The van der Waals surface area contributed by atoms with Gasteiger partial charge in [-0.15, -0.1) is 0 Å². The summed E-state index contributed by atoms with van der Waals surface area (Å²) in [6.07, 6.45) is 0.847. The number of rotatable bonds is 4. The molecule has 2 rings (SSSR count). The first-order valence-electron chi connectivity index (χ1n) is 6.71. The fourth-order valence-electron chi connectivity index (χ4n) is 2.69. The van der Waals surface area contributed by atoms with Crippen LogP contribution in [0.15, 0.2) is 24.3 Å². The van der Waals surface area contributed by atoms with E-state index >= 15 is 0 Å². The predicted octanol–water partition coefficient (Wildman–Crippen LogP) is 1.34. The van der Waals surface area contributed by atoms with Crippen LogP contribution in [0.5, 0.6) is 0 Å². The third-order valence-electron chi connectivity index (χ3n) is 3.93. The van der Waals surface area contributed by atoms with Gasteiger partial charge in [0.15, 0.2) is 0 Å². The number of carbonyl (C=O) groups is 2. The van der Waals surface area contributed by atoms with E-state index in [1.54, 1.807) is 19.2 Å². The monoisotopic (exact) mass is 276 g/mol. The molecule has 1 heterocycles. The fraction of sp³-hybridized carbons (Fsp3) is 0.467. The molecule has 0 aromatic heterocycles. The molecule has 5 nitrogen and oxygen atoms in total. The number of aromatic carboxylic acids is 1. The number of hydrogen-bond donors (Lipinski definition) is 2. The number of likely N-dealkylation sites (tertiary alicyclic amines) is 1. The van der Waals surface area contributed by atoms with Crippen molar-refractivity contribution in [1.29, 1.82) is 0 Å². The predicted molar refractivity (Wildman–Crippen MR) is 75.5 cm³/mol. The van der Waals surface area contributed by atoms with E-state index in [0.717, 1.165) is 31.6 Å². The summed E-state index contributed by atoms with van der Waals surface area (Å²) in [4.78, 5) is 24.9. The molecule has 0 saturated carbocycles. The van der Waals surface area contributed by atoms with Gasteiger partial charge in [0, 0.05) is 20.1 Å². The van der Waals surface area contributed by atoms with Gasteiger partial charge in [-0.25, -0.2) is 4.79 Å². The van der Waals surface area contributed by atoms with E-state index < -0.39 is 5.97 Å². The molecule has 1 aliphatic rings. The zero-order valence-corrected chi connectivity index (χ0v) is 11.8. The minimum Gasteiger partial charge on any atom is -0.478 e. The number of hydrogen-bond acceptors (Lipinski definition) is 3. The van der Waals surface area contributed by atoms with E-state index in [4.69, 9.17) is 5.11 Å². The molecular weight excluding hydrogens is 256 g/mol. The molecule has 0 radical (unpaired) electrons. The number of carboxylic acids is 1. The second-order valence-electron chi connectivity index (χ2n) is 5.60. The maximum atomic E-state index is 11.9. The molecule has 1 saturated heterocycles. The quantitative estimate of drug-likeness (QED) is 0.870. The highest BCUT2D eigenvalue weighted by molar-refractivity contribution is 5.87. The van der Waals surface area contributed by atoms with Crippen LogP contribution in [-0.4, -0.2) is 42.0 Å². The Morgan fingerprint density at radius 1 is 1.35 bits per heavy atom. The smallest absolute Gasteiger partial charge is 0.335 e. The van der Waals surface area contributed by atoms with Crippen LogP contribution >= 0.6 is 0 Å². The lowest BCUT2D eigenvalue weighted by Gasteiger charge is -2.22. The molecule has 2 N–H and O–H groups in total. The first-order chi connectivity index (χ1) is 9.44. The number of amides is 1. The third-order valence-corrected chi connectivity index (χ3v) is 3.93. The molecule has 1 aromatic rings. The second kappa shape index (κ2) is 5.63. The molecule has 108 valence electrons. The van der Waals surface area contributed by atoms with Crippen molar-refractivity contribution in [3.8, 4) is 0 Å². The van der Waals surface area contributed by atoms with E-state index in [2.05, 4.69) is 10.2 Å². The van der Waals surface area contributed by atoms with Crippen LogP contribution in [-0.2, 0) is 11.3 Å². The highest BCUT2D eigenvalue weighted by Crippen LogP contribution is 2.30. The summed E-state index contributed by atoms with van der Waals surface area (Å²) in [6.45, 7) is 4.34. The summed E-state index contributed by atoms with van der Waals surface area (Å²) in [5, 5.41) is 11.6. The molecule has 1 aromatic carbocycles. The lowest BCUT2D eigenvalue weighted by atomic mass is 9.89. The summed E-state index contributed by atoms with van der Waals surface area (Å²) in [5.41, 5.74) is 1.04. The van der Waals surface area contributed by atoms with Crippen molar-refractivity contribution in [3.05, 3.63) is 35.4 Å². The van der Waals surface area contributed by atoms with Crippen molar-refractivity contribution < 1.29 is 14.7 Å². The summed E-state index contributed by atoms with van der Waals surface area (Å²) in [7, 11) is 1.67. The number of carboxylic acid groups (broad SMARTS) is 1. The van der Waals surface area contributed by atoms with Gasteiger partial charge in [0.2, 0.25) is 5.91 Å². The normalized spacial score (nSPS) is 22.7. The Morgan fingerprint density at radius 3 is 2.55 bits per heavy atom. The molecule has 0 spiro atoms. The van der Waals surface area contributed by atoms with Gasteiger partial charge < -0.3 is 10.4 Å². The van der Waals surface area contributed by atoms with Gasteiger partial charge in [0.05, 0.1) is 11.0 Å². The largest absolute Gasteiger partial charge is 0.478 e. The Labute approximate surface area is 118 Å². The molecule has 1 aliphatic heterocycles. The average molecular weight is 276 g/mol. The maximum absolute atomic E-state index is 11.9. The maximum Gasteiger partial charge on any atom is 0.335 e. The van der Waals surface area contributed by atoms with E-state index in [1.165, 1.54) is 0 Å². The standard InChI is InChI=1S/C15H20N2O3/c1-15(14(20)16-2)7-8-17(10-15)9-11-3-5-12(6-4-11)13(18)19/h3-6H,7-10H2,1-2H3,(H,16,20)(H,18,19). The highest BCUT2D eigenvalue weighted by atomic mass is 16.4. The first-order valence-corrected chi connectivity index (χ1v) is 6.71. The average Bonchev–Trinajstić information content (AvgIpc) is 2.81. The Balaban J connectivity index is 1.98. The minimum atomic E-state index is -0.912. The van der Waals surface area contributed by atoms with Crippen LogP contribution in [0.2, 0.25) is 0 Å². The molecule has 1 atom stereocenters. The number of nitrogens with one attached hydrogen (secondary N) is 1. The van der Waals surface area contributed by atoms with Crippen molar-refractivity contribution in [2.75, 3.05) is 20.1 Å². The summed E-state index contributed by atoms with van der Waals surface area (Å²) < 4.78 is 0. The zero-order valence-electron chi connectivity index (χ0n) is 11.8. The van der Waals surface area contributed by atoms with Crippen LogP contribution in [0, 0.1) is 5.41 Å². The van der Waals surface area contributed by atoms with Crippen molar-refractivity contribution in [2.24, 2.45) is 5.41 Å². The first kappa shape index (κ1) is 14.5. The van der Waals surface area contributed by atoms with Crippen molar-refractivity contribution in [1.82, 2.24) is 10.2 Å². The molecule has 0 aliphatic carbocycles. The van der Waals surface area contributed by atoms with Crippen LogP contribution < -0.4 is 5.32 Å². The zero-order chi connectivity index (χ0) is 14.8. The van der Waals surface area contributed by atoms with Crippen LogP contribution in [0.4, 0.5) is 0 Å². The molecule has 5 heteroatoms. The van der Waals surface area contributed by atoms with Gasteiger partial charge in [-0.2, -0.15) is 0 Å². The Hall–Kier alpha value is -1.88. The number of benzene rings is 1. The van der Waals surface area contributed by atoms with Gasteiger partial charge in [0.1, 0.15) is 0 Å². The van der Waals surface area contributed by atoms with Gasteiger partial charge in [0.25, 0.3) is 0 Å². The van der Waals surface area contributed by atoms with Crippen LogP contribution in [0.25, 0.3) is 0 Å². The summed E-state index contributed by atoms with van der Waals surface area (Å²) >= 11 is 0. The summed E-state index contributed by atoms with van der Waals surface area (Å²) in [6, 6.07) is 6.90. The molecule has 20 heavy (non-hydrogen) atoms. The van der Waals surface area contributed by atoms with Crippen LogP contribution in [0.3, 0.4) is 0 Å². The van der Waals surface area contributed by atoms with E-state index in [1.807, 2.05) is 19.1 Å². The number of nitrogens with zero attached hydrogens (tertiary/aromatic N) is 1. The topological polar surface area (TPSA) is 69.6 Å². The molecule has 1 fully saturated rings. The van der Waals surface area contributed by atoms with E-state index in [-0.39, 0.29) is 11.3 Å². The second-order valence-corrected chi connectivity index (χ2v) is 5.60. The fourth-order valence-corrected chi connectivity index (χ4v) is 2.69. The molecular formula is C15H20N2O3. The Kier molecular flexibility index (Phi) is 4.09. The molecule has 0 bridgehead atoms. The van der Waals surface area contributed by atoms with E-state index in [9.17, 15) is 9.59 Å². The lowest BCUT2D eigenvalue weighted by Crippen LogP contribution is -2.39. The van der Waals surface area contributed by atoms with Gasteiger partial charge in [-0.1, -0.05) is 12.1 Å². The Morgan fingerprint density at radius 2 is 2.00 bits per heavy atom. The van der Waals surface area contributed by atoms with Crippen molar-refractivity contribution >= 4 is 11.9 Å². The van der Waals surface area contributed by atoms with Crippen molar-refractivity contribution in [3.63, 3.8) is 0 Å².